The number of methoxy groups -OCH3 is 1. The third-order valence-electron chi connectivity index (χ3n) is 5.96. The summed E-state index contributed by atoms with van der Waals surface area (Å²) in [5.74, 6) is 0.730. The third-order valence-corrected chi connectivity index (χ3v) is 7.38. The fourth-order valence-electron chi connectivity index (χ4n) is 4.15. The summed E-state index contributed by atoms with van der Waals surface area (Å²) in [4.78, 5) is 26.1. The van der Waals surface area contributed by atoms with Crippen molar-refractivity contribution in [3.63, 3.8) is 0 Å². The topological polar surface area (TPSA) is 67.4 Å². The molecule has 2 amide bonds. The molecule has 0 bridgehead atoms. The van der Waals surface area contributed by atoms with Crippen LogP contribution in [0.1, 0.15) is 36.0 Å². The normalized spacial score (nSPS) is 24.3. The van der Waals surface area contributed by atoms with Crippen molar-refractivity contribution in [3.8, 4) is 5.75 Å². The van der Waals surface area contributed by atoms with Gasteiger partial charge in [0.15, 0.2) is 0 Å². The molecule has 2 N–H and O–H groups in total. The van der Waals surface area contributed by atoms with Crippen molar-refractivity contribution in [3.05, 3.63) is 70.1 Å². The van der Waals surface area contributed by atoms with Gasteiger partial charge in [0.05, 0.1) is 12.0 Å². The smallest absolute Gasteiger partial charge is 0.257 e. The molecule has 0 spiro atoms. The predicted molar refractivity (Wildman–Crippen MR) is 125 cm³/mol. The number of ether oxygens (including phenoxy) is 1. The molecule has 2 fully saturated rings. The van der Waals surface area contributed by atoms with Gasteiger partial charge in [-0.25, -0.2) is 0 Å². The number of carbonyl (C=O) groups excluding carboxylic acids is 2. The second-order valence-corrected chi connectivity index (χ2v) is 9.52. The van der Waals surface area contributed by atoms with Crippen LogP contribution in [-0.4, -0.2) is 30.2 Å². The number of hydrogen-bond donors (Lipinski definition) is 2. The summed E-state index contributed by atoms with van der Waals surface area (Å²) in [6, 6.07) is 15.9. The Morgan fingerprint density at radius 3 is 2.81 bits per heavy atom. The molecule has 5 nitrogen and oxygen atoms in total. The van der Waals surface area contributed by atoms with Gasteiger partial charge in [0.2, 0.25) is 5.91 Å². The van der Waals surface area contributed by atoms with Gasteiger partial charge in [-0.3, -0.25) is 9.59 Å². The summed E-state index contributed by atoms with van der Waals surface area (Å²) < 4.78 is 5.27. The largest absolute Gasteiger partial charge is 0.497 e. The maximum Gasteiger partial charge on any atom is 0.257 e. The summed E-state index contributed by atoms with van der Waals surface area (Å²) in [5, 5.41) is 6.51. The molecule has 2 aromatic rings. The summed E-state index contributed by atoms with van der Waals surface area (Å²) in [6.07, 6.45) is 4.36. The average Bonchev–Trinajstić information content (AvgIpc) is 2.79. The van der Waals surface area contributed by atoms with Crippen molar-refractivity contribution in [2.75, 3.05) is 7.11 Å². The van der Waals surface area contributed by atoms with Crippen LogP contribution >= 0.6 is 11.8 Å². The lowest BCUT2D eigenvalue weighted by Gasteiger charge is -2.39. The Balaban J connectivity index is 1.34. The molecule has 4 rings (SSSR count). The van der Waals surface area contributed by atoms with E-state index in [1.807, 2.05) is 42.5 Å². The fourth-order valence-corrected chi connectivity index (χ4v) is 5.45. The van der Waals surface area contributed by atoms with Gasteiger partial charge < -0.3 is 15.4 Å². The van der Waals surface area contributed by atoms with Gasteiger partial charge >= 0.3 is 0 Å². The van der Waals surface area contributed by atoms with Crippen molar-refractivity contribution >= 4 is 29.7 Å². The van der Waals surface area contributed by atoms with Gasteiger partial charge in [-0.1, -0.05) is 42.0 Å². The highest BCUT2D eigenvalue weighted by Crippen LogP contribution is 2.40. The minimum absolute atomic E-state index is 0.0313. The van der Waals surface area contributed by atoms with E-state index in [0.717, 1.165) is 34.6 Å². The summed E-state index contributed by atoms with van der Waals surface area (Å²) in [7, 11) is 1.63. The van der Waals surface area contributed by atoms with E-state index in [1.54, 1.807) is 18.9 Å². The Bertz CT molecular complexity index is 987. The molecule has 3 atom stereocenters. The molecule has 1 heterocycles. The number of amides is 2. The molecule has 162 valence electrons. The van der Waals surface area contributed by atoms with Crippen LogP contribution in [-0.2, 0) is 16.1 Å². The first-order valence-corrected chi connectivity index (χ1v) is 11.6. The molecule has 6 heteroatoms. The maximum absolute atomic E-state index is 12.7. The van der Waals surface area contributed by atoms with E-state index in [4.69, 9.17) is 4.74 Å². The number of hydrogen-bond acceptors (Lipinski definition) is 4. The lowest BCUT2D eigenvalue weighted by Crippen LogP contribution is -2.51. The molecular weight excluding hydrogens is 408 g/mol. The minimum Gasteiger partial charge on any atom is -0.497 e. The van der Waals surface area contributed by atoms with Crippen LogP contribution in [0.2, 0.25) is 0 Å². The quantitative estimate of drug-likeness (QED) is 0.694. The monoisotopic (exact) mass is 436 g/mol. The van der Waals surface area contributed by atoms with E-state index in [1.165, 1.54) is 5.56 Å². The molecule has 3 unspecified atom stereocenters. The van der Waals surface area contributed by atoms with Crippen LogP contribution in [0, 0.1) is 12.8 Å². The van der Waals surface area contributed by atoms with E-state index in [2.05, 4.69) is 29.7 Å². The summed E-state index contributed by atoms with van der Waals surface area (Å²) in [6.45, 7) is 2.59. The first-order chi connectivity index (χ1) is 15.0. The molecule has 2 aliphatic rings. The summed E-state index contributed by atoms with van der Waals surface area (Å²) in [5.41, 5.74) is 3.25. The number of thioether (sulfide) groups is 1. The van der Waals surface area contributed by atoms with Gasteiger partial charge in [-0.2, -0.15) is 0 Å². The Morgan fingerprint density at radius 1 is 1.23 bits per heavy atom. The van der Waals surface area contributed by atoms with Crippen molar-refractivity contribution in [2.45, 2.75) is 44.0 Å². The molecule has 1 saturated heterocycles. The van der Waals surface area contributed by atoms with Crippen LogP contribution in [0.4, 0.5) is 0 Å². The number of fused-ring (bicyclic) bond motifs is 1. The van der Waals surface area contributed by atoms with E-state index in [-0.39, 0.29) is 23.8 Å². The van der Waals surface area contributed by atoms with E-state index in [0.29, 0.717) is 18.2 Å². The Kier molecular flexibility index (Phi) is 6.66. The molecule has 0 aromatic heterocycles. The second kappa shape index (κ2) is 9.60. The van der Waals surface area contributed by atoms with Crippen LogP contribution in [0.5, 0.6) is 5.75 Å². The van der Waals surface area contributed by atoms with Crippen molar-refractivity contribution in [1.82, 2.24) is 10.6 Å². The molecule has 1 aliphatic heterocycles. The predicted octanol–water partition coefficient (Wildman–Crippen LogP) is 4.06. The van der Waals surface area contributed by atoms with Gasteiger partial charge in [-0.15, -0.1) is 11.8 Å². The molecule has 1 saturated carbocycles. The van der Waals surface area contributed by atoms with Crippen LogP contribution < -0.4 is 15.4 Å². The van der Waals surface area contributed by atoms with E-state index < -0.39 is 0 Å². The van der Waals surface area contributed by atoms with Crippen molar-refractivity contribution in [1.29, 1.82) is 0 Å². The van der Waals surface area contributed by atoms with Crippen molar-refractivity contribution < 1.29 is 14.3 Å². The Morgan fingerprint density at radius 2 is 2.03 bits per heavy atom. The molecule has 0 radical (unpaired) electrons. The van der Waals surface area contributed by atoms with Crippen LogP contribution in [0.25, 0.3) is 6.08 Å². The first kappa shape index (κ1) is 21.5. The average molecular weight is 437 g/mol. The summed E-state index contributed by atoms with van der Waals surface area (Å²) >= 11 is 1.63. The van der Waals surface area contributed by atoms with Gasteiger partial charge in [0.1, 0.15) is 5.75 Å². The molecule has 2 aromatic carbocycles. The number of nitrogens with one attached hydrogen (secondary N) is 2. The Hall–Kier alpha value is -2.73. The highest BCUT2D eigenvalue weighted by Gasteiger charge is 2.39. The zero-order chi connectivity index (χ0) is 21.8. The lowest BCUT2D eigenvalue weighted by molar-refractivity contribution is -0.127. The first-order valence-electron chi connectivity index (χ1n) is 10.7. The number of rotatable bonds is 5. The van der Waals surface area contributed by atoms with Crippen LogP contribution in [0.15, 0.2) is 53.4 Å². The van der Waals surface area contributed by atoms with Crippen LogP contribution in [0.3, 0.4) is 0 Å². The second-order valence-electron chi connectivity index (χ2n) is 8.23. The zero-order valence-electron chi connectivity index (χ0n) is 17.9. The van der Waals surface area contributed by atoms with Gasteiger partial charge in [0.25, 0.3) is 5.91 Å². The van der Waals surface area contributed by atoms with Gasteiger partial charge in [-0.05, 0) is 55.5 Å². The number of aryl methyl sites for hydroxylation is 1. The SMILES string of the molecule is COc1cccc(/C=C2/SC3CCC(C(=O)NCc4ccc(C)cc4)CC3NC2=O)c1. The van der Waals surface area contributed by atoms with E-state index in [9.17, 15) is 9.59 Å². The molecule has 31 heavy (non-hydrogen) atoms. The molecular formula is C25H28N2O3S. The van der Waals surface area contributed by atoms with Gasteiger partial charge in [0, 0.05) is 23.8 Å². The fraction of sp³-hybridized carbons (Fsp3) is 0.360. The third kappa shape index (κ3) is 5.31. The highest BCUT2D eigenvalue weighted by atomic mass is 32.2. The highest BCUT2D eigenvalue weighted by molar-refractivity contribution is 8.04. The maximum atomic E-state index is 12.7. The minimum atomic E-state index is -0.0604. The lowest BCUT2D eigenvalue weighted by atomic mass is 9.84. The van der Waals surface area contributed by atoms with E-state index >= 15 is 0 Å². The number of carbonyl (C=O) groups is 2. The number of benzene rings is 2. The Labute approximate surface area is 187 Å². The molecule has 1 aliphatic carbocycles. The standard InChI is InChI=1S/C25H28N2O3S/c1-16-6-8-17(9-7-16)15-26-24(28)19-10-11-22-21(14-19)27-25(29)23(31-22)13-18-4-3-5-20(12-18)30-2/h3-9,12-13,19,21-22H,10-11,14-15H2,1-2H3,(H,26,28)(H,27,29)/b23-13+. The zero-order valence-corrected chi connectivity index (χ0v) is 18.7. The van der Waals surface area contributed by atoms with Crippen molar-refractivity contribution in [2.24, 2.45) is 5.92 Å².